The summed E-state index contributed by atoms with van der Waals surface area (Å²) < 4.78 is 15.6. The minimum Gasteiger partial charge on any atom is -0.504 e. The lowest BCUT2D eigenvalue weighted by Crippen LogP contribution is -2.00. The number of nitrogens with one attached hydrogen (secondary N) is 1. The summed E-state index contributed by atoms with van der Waals surface area (Å²) in [4.78, 5) is 19.6. The van der Waals surface area contributed by atoms with Crippen molar-refractivity contribution < 1.29 is 24.1 Å². The van der Waals surface area contributed by atoms with Gasteiger partial charge in [0.05, 0.1) is 25.4 Å². The molecule has 0 bridgehead atoms. The van der Waals surface area contributed by atoms with Gasteiger partial charge in [-0.15, -0.1) is 0 Å². The van der Waals surface area contributed by atoms with Gasteiger partial charge in [-0.05, 0) is 47.5 Å². The fourth-order valence-electron chi connectivity index (χ4n) is 3.21. The van der Waals surface area contributed by atoms with Crippen LogP contribution in [0.1, 0.15) is 0 Å². The number of phenols is 1. The van der Waals surface area contributed by atoms with Crippen molar-refractivity contribution in [3.63, 3.8) is 0 Å². The van der Waals surface area contributed by atoms with Gasteiger partial charge in [0.1, 0.15) is 17.9 Å². The molecule has 8 heteroatoms. The molecule has 0 amide bonds. The Bertz CT molecular complexity index is 1260. The van der Waals surface area contributed by atoms with Crippen molar-refractivity contribution in [1.29, 1.82) is 0 Å². The highest BCUT2D eigenvalue weighted by atomic mass is 16.5. The Morgan fingerprint density at radius 3 is 2.48 bits per heavy atom. The van der Waals surface area contributed by atoms with Crippen LogP contribution in [0.2, 0.25) is 0 Å². The number of aromatic hydroxyl groups is 1. The lowest BCUT2D eigenvalue weighted by molar-refractivity contribution is -0.120. The zero-order chi connectivity index (χ0) is 21.8. The van der Waals surface area contributed by atoms with Crippen LogP contribution in [0, 0.1) is 0 Å². The number of anilines is 2. The Balaban J connectivity index is 1.79. The monoisotopic (exact) mass is 417 g/mol. The lowest BCUT2D eigenvalue weighted by Gasteiger charge is -2.13. The summed E-state index contributed by atoms with van der Waals surface area (Å²) in [7, 11) is 3.06. The van der Waals surface area contributed by atoms with Gasteiger partial charge >= 0.3 is 0 Å². The van der Waals surface area contributed by atoms with Crippen LogP contribution >= 0.6 is 0 Å². The predicted octanol–water partition coefficient (Wildman–Crippen LogP) is 4.30. The third-order valence-corrected chi connectivity index (χ3v) is 4.76. The van der Waals surface area contributed by atoms with Crippen LogP contribution in [0.4, 0.5) is 11.5 Å². The molecule has 0 atom stereocenters. The van der Waals surface area contributed by atoms with Gasteiger partial charge in [0.15, 0.2) is 17.2 Å². The zero-order valence-electron chi connectivity index (χ0n) is 16.8. The van der Waals surface area contributed by atoms with E-state index in [4.69, 9.17) is 14.2 Å². The van der Waals surface area contributed by atoms with E-state index in [0.717, 1.165) is 22.0 Å². The van der Waals surface area contributed by atoms with Crippen molar-refractivity contribution in [1.82, 2.24) is 9.97 Å². The van der Waals surface area contributed by atoms with E-state index in [-0.39, 0.29) is 5.75 Å². The third kappa shape index (κ3) is 4.04. The largest absolute Gasteiger partial charge is 0.504 e. The van der Waals surface area contributed by atoms with E-state index in [1.807, 2.05) is 18.2 Å². The summed E-state index contributed by atoms with van der Waals surface area (Å²) in [6.07, 6.45) is 1.45. The van der Waals surface area contributed by atoms with Crippen LogP contribution < -0.4 is 19.5 Å². The first-order valence-corrected chi connectivity index (χ1v) is 9.30. The van der Waals surface area contributed by atoms with Crippen LogP contribution in [0.15, 0.2) is 60.9 Å². The van der Waals surface area contributed by atoms with E-state index in [2.05, 4.69) is 15.3 Å². The Labute approximate surface area is 178 Å². The molecule has 31 heavy (non-hydrogen) atoms. The minimum atomic E-state index is 0.0680. The van der Waals surface area contributed by atoms with Crippen molar-refractivity contribution in [2.45, 2.75) is 0 Å². The number of nitrogens with zero attached hydrogens (tertiary/aromatic N) is 2. The number of aromatic nitrogens is 2. The fraction of sp³-hybridized carbons (Fsp3) is 0.0870. The highest BCUT2D eigenvalue weighted by molar-refractivity contribution is 5.94. The van der Waals surface area contributed by atoms with E-state index in [1.165, 1.54) is 13.4 Å². The average molecular weight is 417 g/mol. The molecule has 156 valence electrons. The van der Waals surface area contributed by atoms with Crippen molar-refractivity contribution in [3.05, 3.63) is 60.9 Å². The summed E-state index contributed by atoms with van der Waals surface area (Å²) >= 11 is 0. The second-order valence-electron chi connectivity index (χ2n) is 6.54. The molecule has 2 N–H and O–H groups in total. The Kier molecular flexibility index (Phi) is 5.53. The minimum absolute atomic E-state index is 0.0680. The number of phenolic OH excluding ortho intramolecular Hbond substituents is 1. The third-order valence-electron chi connectivity index (χ3n) is 4.76. The molecule has 1 aromatic heterocycles. The van der Waals surface area contributed by atoms with Crippen LogP contribution in [-0.4, -0.2) is 35.8 Å². The summed E-state index contributed by atoms with van der Waals surface area (Å²) in [5.74, 6) is 1.91. The Morgan fingerprint density at radius 2 is 1.71 bits per heavy atom. The Morgan fingerprint density at radius 1 is 0.903 bits per heavy atom. The molecular weight excluding hydrogens is 398 g/mol. The van der Waals surface area contributed by atoms with Crippen LogP contribution in [0.25, 0.3) is 22.0 Å². The second-order valence-corrected chi connectivity index (χ2v) is 6.54. The number of hydrogen-bond acceptors (Lipinski definition) is 8. The van der Waals surface area contributed by atoms with Gasteiger partial charge in [-0.3, -0.25) is 4.79 Å². The fourth-order valence-corrected chi connectivity index (χ4v) is 3.21. The van der Waals surface area contributed by atoms with Crippen molar-refractivity contribution in [2.24, 2.45) is 0 Å². The standard InChI is InChI=1S/C23H19N3O5/c1-29-16-5-8-21(31-13-27)19(11-16)26-23-17-9-14(3-6-18(17)24-12-25-23)15-4-7-20(28)22(10-15)30-2/h3-13,28H,1-2H3,(H,24,25,26). The molecule has 0 saturated heterocycles. The molecule has 0 aliphatic carbocycles. The molecule has 4 aromatic rings. The number of benzene rings is 3. The Hall–Kier alpha value is -4.33. The first-order valence-electron chi connectivity index (χ1n) is 9.30. The summed E-state index contributed by atoms with van der Waals surface area (Å²) in [5.41, 5.74) is 2.99. The van der Waals surface area contributed by atoms with Gasteiger partial charge in [0.25, 0.3) is 6.47 Å². The number of ether oxygens (including phenoxy) is 3. The quantitative estimate of drug-likeness (QED) is 0.429. The molecule has 0 radical (unpaired) electrons. The summed E-state index contributed by atoms with van der Waals surface area (Å²) in [6.45, 7) is 0.362. The summed E-state index contributed by atoms with van der Waals surface area (Å²) in [6, 6.07) is 15.9. The molecule has 0 aliphatic heterocycles. The van der Waals surface area contributed by atoms with E-state index >= 15 is 0 Å². The van der Waals surface area contributed by atoms with Crippen LogP contribution in [0.5, 0.6) is 23.0 Å². The second kappa shape index (κ2) is 8.58. The molecular formula is C23H19N3O5. The molecule has 8 nitrogen and oxygen atoms in total. The first-order chi connectivity index (χ1) is 15.1. The zero-order valence-corrected chi connectivity index (χ0v) is 16.8. The average Bonchev–Trinajstić information content (AvgIpc) is 2.80. The van der Waals surface area contributed by atoms with Crippen LogP contribution in [-0.2, 0) is 4.79 Å². The normalized spacial score (nSPS) is 10.5. The molecule has 0 saturated carbocycles. The molecule has 1 heterocycles. The van der Waals surface area contributed by atoms with Gasteiger partial charge in [0, 0.05) is 11.5 Å². The number of carbonyl (C=O) groups excluding carboxylic acids is 1. The van der Waals surface area contributed by atoms with Gasteiger partial charge in [-0.2, -0.15) is 0 Å². The summed E-state index contributed by atoms with van der Waals surface area (Å²) in [5, 5.41) is 13.8. The van der Waals surface area contributed by atoms with Crippen molar-refractivity contribution >= 4 is 28.9 Å². The number of hydrogen-bond donors (Lipinski definition) is 2. The number of methoxy groups -OCH3 is 2. The maximum atomic E-state index is 10.9. The van der Waals surface area contributed by atoms with Crippen LogP contribution in [0.3, 0.4) is 0 Å². The number of fused-ring (bicyclic) bond motifs is 1. The van der Waals surface area contributed by atoms with E-state index in [0.29, 0.717) is 35.2 Å². The molecule has 3 aromatic carbocycles. The maximum Gasteiger partial charge on any atom is 0.298 e. The van der Waals surface area contributed by atoms with Crippen molar-refractivity contribution in [2.75, 3.05) is 19.5 Å². The van der Waals surface area contributed by atoms with Gasteiger partial charge in [0.2, 0.25) is 0 Å². The maximum absolute atomic E-state index is 10.9. The molecule has 0 aliphatic rings. The predicted molar refractivity (Wildman–Crippen MR) is 116 cm³/mol. The number of carbonyl (C=O) groups is 1. The van der Waals surface area contributed by atoms with Gasteiger partial charge < -0.3 is 24.6 Å². The lowest BCUT2D eigenvalue weighted by atomic mass is 10.0. The van der Waals surface area contributed by atoms with Gasteiger partial charge in [-0.25, -0.2) is 9.97 Å². The SMILES string of the molecule is COc1ccc(OC=O)c(Nc2ncnc3ccc(-c4ccc(O)c(OC)c4)cc23)c1. The van der Waals surface area contributed by atoms with E-state index in [1.54, 1.807) is 43.5 Å². The van der Waals surface area contributed by atoms with Gasteiger partial charge in [-0.1, -0.05) is 12.1 Å². The van der Waals surface area contributed by atoms with Crippen molar-refractivity contribution in [3.8, 4) is 34.1 Å². The highest BCUT2D eigenvalue weighted by Gasteiger charge is 2.12. The topological polar surface area (TPSA) is 103 Å². The smallest absolute Gasteiger partial charge is 0.298 e. The van der Waals surface area contributed by atoms with E-state index < -0.39 is 0 Å². The number of rotatable bonds is 7. The highest BCUT2D eigenvalue weighted by Crippen LogP contribution is 2.36. The molecule has 0 fully saturated rings. The molecule has 0 spiro atoms. The molecule has 4 rings (SSSR count). The molecule has 0 unspecified atom stereocenters. The van der Waals surface area contributed by atoms with E-state index in [9.17, 15) is 9.90 Å². The first kappa shape index (κ1) is 20.0.